The first-order chi connectivity index (χ1) is 15.9. The molecule has 0 atom stereocenters. The lowest BCUT2D eigenvalue weighted by molar-refractivity contribution is -0.111. The molecule has 0 bridgehead atoms. The number of amides is 1. The minimum Gasteiger partial charge on any atom is -0.491 e. The summed E-state index contributed by atoms with van der Waals surface area (Å²) in [5.74, 6) is -0.362. The number of nitriles is 1. The molecule has 33 heavy (non-hydrogen) atoms. The summed E-state index contributed by atoms with van der Waals surface area (Å²) in [6, 6.07) is 5.30. The number of ether oxygens (including phenoxy) is 4. The lowest BCUT2D eigenvalue weighted by Crippen LogP contribution is -2.18. The molecule has 10 heteroatoms. The molecular weight excluding hydrogens is 450 g/mol. The Morgan fingerprint density at radius 1 is 1.24 bits per heavy atom. The number of esters is 1. The summed E-state index contributed by atoms with van der Waals surface area (Å²) in [7, 11) is 3.01. The van der Waals surface area contributed by atoms with Gasteiger partial charge in [-0.3, -0.25) is 4.79 Å². The summed E-state index contributed by atoms with van der Waals surface area (Å²) in [4.78, 5) is 25.2. The number of halogens is 1. The van der Waals surface area contributed by atoms with Crippen molar-refractivity contribution in [3.05, 3.63) is 46.2 Å². The molecule has 1 aromatic heterocycles. The fourth-order valence-corrected chi connectivity index (χ4v) is 3.33. The fourth-order valence-electron chi connectivity index (χ4n) is 3.03. The Kier molecular flexibility index (Phi) is 9.79. The van der Waals surface area contributed by atoms with Crippen LogP contribution in [0.2, 0.25) is 5.02 Å². The minimum atomic E-state index is -0.655. The molecule has 2 rings (SSSR count). The van der Waals surface area contributed by atoms with Gasteiger partial charge in [0.25, 0.3) is 0 Å². The van der Waals surface area contributed by atoms with Crippen molar-refractivity contribution in [3.63, 3.8) is 0 Å². The van der Waals surface area contributed by atoms with Crippen molar-refractivity contribution in [3.8, 4) is 17.6 Å². The number of nitrogens with one attached hydrogen (secondary N) is 1. The van der Waals surface area contributed by atoms with Crippen LogP contribution in [0.3, 0.4) is 0 Å². The lowest BCUT2D eigenvalue weighted by atomic mass is 10.1. The number of hydrogen-bond acceptors (Lipinski definition) is 7. The van der Waals surface area contributed by atoms with Gasteiger partial charge in [0, 0.05) is 25.9 Å². The van der Waals surface area contributed by atoms with E-state index in [0.717, 1.165) is 0 Å². The SMILES string of the molecule is CCOC(=O)c1c(NC(=O)C=Cc2cc(Cl)c(OC)c(OCC)c2)c(C#N)cn1CCOC. The van der Waals surface area contributed by atoms with Gasteiger partial charge in [0.1, 0.15) is 6.07 Å². The highest BCUT2D eigenvalue weighted by molar-refractivity contribution is 6.32. The first kappa shape index (κ1) is 25.8. The molecule has 0 aliphatic heterocycles. The molecule has 1 aromatic carbocycles. The van der Waals surface area contributed by atoms with E-state index in [1.54, 1.807) is 19.1 Å². The second kappa shape index (κ2) is 12.5. The smallest absolute Gasteiger partial charge is 0.357 e. The second-order valence-corrected chi connectivity index (χ2v) is 6.98. The maximum atomic E-state index is 12.6. The highest BCUT2D eigenvalue weighted by atomic mass is 35.5. The third-order valence-corrected chi connectivity index (χ3v) is 4.70. The highest BCUT2D eigenvalue weighted by Crippen LogP contribution is 2.36. The van der Waals surface area contributed by atoms with Gasteiger partial charge in [-0.15, -0.1) is 0 Å². The Labute approximate surface area is 197 Å². The number of anilines is 1. The van der Waals surface area contributed by atoms with Crippen LogP contribution >= 0.6 is 11.6 Å². The van der Waals surface area contributed by atoms with Crippen LogP contribution < -0.4 is 14.8 Å². The quantitative estimate of drug-likeness (QED) is 0.387. The number of hydrogen-bond donors (Lipinski definition) is 1. The molecule has 0 spiro atoms. The first-order valence-electron chi connectivity index (χ1n) is 10.2. The number of rotatable bonds is 11. The summed E-state index contributed by atoms with van der Waals surface area (Å²) >= 11 is 6.24. The summed E-state index contributed by atoms with van der Waals surface area (Å²) in [5, 5.41) is 12.5. The molecule has 1 N–H and O–H groups in total. The van der Waals surface area contributed by atoms with E-state index in [0.29, 0.717) is 41.8 Å². The van der Waals surface area contributed by atoms with Crippen molar-refractivity contribution in [1.29, 1.82) is 5.26 Å². The predicted octanol–water partition coefficient (Wildman–Crippen LogP) is 3.90. The lowest BCUT2D eigenvalue weighted by Gasteiger charge is -2.12. The Bertz CT molecular complexity index is 1070. The van der Waals surface area contributed by atoms with E-state index in [1.165, 1.54) is 37.1 Å². The molecule has 0 radical (unpaired) electrons. The van der Waals surface area contributed by atoms with Gasteiger partial charge in [-0.25, -0.2) is 4.79 Å². The highest BCUT2D eigenvalue weighted by Gasteiger charge is 2.24. The van der Waals surface area contributed by atoms with E-state index in [-0.39, 0.29) is 23.6 Å². The minimum absolute atomic E-state index is 0.0679. The predicted molar refractivity (Wildman–Crippen MR) is 124 cm³/mol. The summed E-state index contributed by atoms with van der Waals surface area (Å²) in [6.07, 6.45) is 4.26. The van der Waals surface area contributed by atoms with Crippen LogP contribution in [0.25, 0.3) is 6.08 Å². The van der Waals surface area contributed by atoms with E-state index in [9.17, 15) is 14.9 Å². The number of carbonyl (C=O) groups is 2. The first-order valence-corrected chi connectivity index (χ1v) is 10.6. The van der Waals surface area contributed by atoms with Gasteiger partial charge < -0.3 is 28.8 Å². The van der Waals surface area contributed by atoms with Crippen molar-refractivity contribution < 1.29 is 28.5 Å². The molecule has 0 aliphatic rings. The third-order valence-electron chi connectivity index (χ3n) is 4.42. The third kappa shape index (κ3) is 6.51. The molecule has 0 unspecified atom stereocenters. The number of nitrogens with zero attached hydrogens (tertiary/aromatic N) is 2. The second-order valence-electron chi connectivity index (χ2n) is 6.57. The normalized spacial score (nSPS) is 10.7. The maximum Gasteiger partial charge on any atom is 0.357 e. The molecule has 176 valence electrons. The monoisotopic (exact) mass is 475 g/mol. The summed E-state index contributed by atoms with van der Waals surface area (Å²) < 4.78 is 22.5. The average molecular weight is 476 g/mol. The van der Waals surface area contributed by atoms with Crippen LogP contribution in [0.5, 0.6) is 11.5 Å². The Morgan fingerprint density at radius 2 is 2.00 bits per heavy atom. The van der Waals surface area contributed by atoms with E-state index in [2.05, 4.69) is 5.32 Å². The fraction of sp³-hybridized carbons (Fsp3) is 0.348. The van der Waals surface area contributed by atoms with E-state index < -0.39 is 11.9 Å². The zero-order valence-electron chi connectivity index (χ0n) is 18.9. The van der Waals surface area contributed by atoms with Crippen molar-refractivity contribution in [2.45, 2.75) is 20.4 Å². The van der Waals surface area contributed by atoms with Crippen LogP contribution in [0, 0.1) is 11.3 Å². The molecule has 0 saturated carbocycles. The van der Waals surface area contributed by atoms with Gasteiger partial charge >= 0.3 is 5.97 Å². The van der Waals surface area contributed by atoms with Crippen molar-refractivity contribution in [2.75, 3.05) is 39.4 Å². The number of carbonyl (C=O) groups excluding carboxylic acids is 2. The van der Waals surface area contributed by atoms with Crippen LogP contribution in [0.1, 0.15) is 35.5 Å². The molecular formula is C23H26ClN3O6. The zero-order valence-corrected chi connectivity index (χ0v) is 19.7. The van der Waals surface area contributed by atoms with Gasteiger partial charge in [0.05, 0.1) is 43.2 Å². The topological polar surface area (TPSA) is 112 Å². The van der Waals surface area contributed by atoms with Gasteiger partial charge in [-0.2, -0.15) is 5.26 Å². The Morgan fingerprint density at radius 3 is 2.61 bits per heavy atom. The van der Waals surface area contributed by atoms with Crippen LogP contribution in [-0.2, 0) is 20.8 Å². The van der Waals surface area contributed by atoms with Gasteiger partial charge in [-0.1, -0.05) is 11.6 Å². The van der Waals surface area contributed by atoms with Gasteiger partial charge in [0.2, 0.25) is 5.91 Å². The van der Waals surface area contributed by atoms with Crippen LogP contribution in [0.15, 0.2) is 24.4 Å². The molecule has 2 aromatic rings. The van der Waals surface area contributed by atoms with E-state index in [4.69, 9.17) is 30.5 Å². The largest absolute Gasteiger partial charge is 0.491 e. The van der Waals surface area contributed by atoms with E-state index in [1.807, 2.05) is 13.0 Å². The van der Waals surface area contributed by atoms with Crippen molar-refractivity contribution in [2.24, 2.45) is 0 Å². The van der Waals surface area contributed by atoms with Crippen molar-refractivity contribution >= 4 is 35.2 Å². The Balaban J connectivity index is 2.34. The average Bonchev–Trinajstić information content (AvgIpc) is 3.13. The Hall–Kier alpha value is -3.48. The molecule has 0 fully saturated rings. The molecule has 0 aliphatic carbocycles. The molecule has 0 saturated heterocycles. The zero-order chi connectivity index (χ0) is 24.4. The van der Waals surface area contributed by atoms with Crippen LogP contribution in [-0.4, -0.2) is 50.5 Å². The van der Waals surface area contributed by atoms with Gasteiger partial charge in [0.15, 0.2) is 17.2 Å². The number of methoxy groups -OCH3 is 2. The van der Waals surface area contributed by atoms with Gasteiger partial charge in [-0.05, 0) is 37.6 Å². The van der Waals surface area contributed by atoms with Crippen molar-refractivity contribution in [1.82, 2.24) is 4.57 Å². The summed E-state index contributed by atoms with van der Waals surface area (Å²) in [5.41, 5.74) is 0.869. The molecule has 9 nitrogen and oxygen atoms in total. The molecule has 1 amide bonds. The standard InChI is InChI=1S/C23H26ClN3O6/c1-5-32-18-12-15(11-17(24)22(18)31-4)7-8-19(28)26-20-16(13-25)14-27(9-10-30-3)21(20)23(29)33-6-2/h7-8,11-12,14H,5-6,9-10H2,1-4H3,(H,26,28). The number of aromatic nitrogens is 1. The number of benzene rings is 1. The summed E-state index contributed by atoms with van der Waals surface area (Å²) in [6.45, 7) is 4.66. The van der Waals surface area contributed by atoms with E-state index >= 15 is 0 Å². The molecule has 1 heterocycles. The maximum absolute atomic E-state index is 12.6. The van der Waals surface area contributed by atoms with Crippen LogP contribution in [0.4, 0.5) is 5.69 Å².